The first-order valence-corrected chi connectivity index (χ1v) is 15.0. The van der Waals surface area contributed by atoms with Gasteiger partial charge in [-0.1, -0.05) is 42.8 Å². The van der Waals surface area contributed by atoms with Gasteiger partial charge in [0.15, 0.2) is 20.8 Å². The molecule has 2 aliphatic carbocycles. The van der Waals surface area contributed by atoms with Crippen molar-refractivity contribution >= 4 is 38.4 Å². The van der Waals surface area contributed by atoms with Crippen LogP contribution in [-0.2, 0) is 14.6 Å². The van der Waals surface area contributed by atoms with E-state index in [1.807, 2.05) is 29.3 Å². The van der Waals surface area contributed by atoms with Crippen LogP contribution in [0.1, 0.15) is 51.0 Å². The third kappa shape index (κ3) is 4.15. The number of amides is 1. The van der Waals surface area contributed by atoms with Gasteiger partial charge < -0.3 is 9.88 Å². The first kappa shape index (κ1) is 22.2. The highest BCUT2D eigenvalue weighted by atomic mass is 32.2. The highest BCUT2D eigenvalue weighted by Crippen LogP contribution is 2.42. The predicted molar refractivity (Wildman–Crippen MR) is 132 cm³/mol. The molecular weight excluding hydrogens is 470 g/mol. The van der Waals surface area contributed by atoms with E-state index in [2.05, 4.69) is 25.8 Å². The summed E-state index contributed by atoms with van der Waals surface area (Å²) in [6.07, 6.45) is 8.85. The largest absolute Gasteiger partial charge is 0.360 e. The summed E-state index contributed by atoms with van der Waals surface area (Å²) >= 11 is 1.43. The van der Waals surface area contributed by atoms with Gasteiger partial charge in [-0.15, -0.1) is 10.2 Å². The molecule has 10 heteroatoms. The highest BCUT2D eigenvalue weighted by Gasteiger charge is 2.39. The highest BCUT2D eigenvalue weighted by molar-refractivity contribution is 7.99. The molecule has 3 aliphatic rings. The standard InChI is InChI=1S/C24H29N5O3S2/c30-22(28(16-5-1-2-6-16)18-11-12-34(31,32)15-18)14-33-24-27-26-23(29(24)17-9-10-17)20-13-25-21-8-4-3-7-19(20)21/h3-4,7-8,13,16-18,25H,1-2,5-6,9-12,14-15H2. The Hall–Kier alpha value is -2.33. The Balaban J connectivity index is 1.24. The van der Waals surface area contributed by atoms with Gasteiger partial charge in [0.05, 0.1) is 17.3 Å². The number of carbonyl (C=O) groups excluding carboxylic acids is 1. The Morgan fingerprint density at radius 1 is 1.09 bits per heavy atom. The number of aromatic nitrogens is 4. The lowest BCUT2D eigenvalue weighted by Crippen LogP contribution is -2.47. The maximum absolute atomic E-state index is 13.5. The molecule has 180 valence electrons. The molecule has 0 bridgehead atoms. The van der Waals surface area contributed by atoms with Crippen LogP contribution < -0.4 is 0 Å². The Morgan fingerprint density at radius 3 is 2.62 bits per heavy atom. The second-order valence-corrected chi connectivity index (χ2v) is 12.9. The van der Waals surface area contributed by atoms with Crippen LogP contribution in [0.15, 0.2) is 35.6 Å². The van der Waals surface area contributed by atoms with Gasteiger partial charge >= 0.3 is 0 Å². The molecule has 2 saturated carbocycles. The number of para-hydroxylation sites is 1. The topological polar surface area (TPSA) is 101 Å². The van der Waals surface area contributed by atoms with Gasteiger partial charge in [0, 0.05) is 40.8 Å². The molecule has 3 heterocycles. The third-order valence-corrected chi connectivity index (χ3v) is 10.0. The van der Waals surface area contributed by atoms with E-state index in [9.17, 15) is 13.2 Å². The van der Waals surface area contributed by atoms with Gasteiger partial charge in [-0.3, -0.25) is 9.36 Å². The molecule has 6 rings (SSSR count). The summed E-state index contributed by atoms with van der Waals surface area (Å²) in [5.74, 6) is 1.40. The summed E-state index contributed by atoms with van der Waals surface area (Å²) in [5, 5.41) is 10.9. The fraction of sp³-hybridized carbons (Fsp3) is 0.542. The number of sulfone groups is 1. The second kappa shape index (κ2) is 8.71. The SMILES string of the molecule is O=C(CSc1nnc(-c2c[nH]c3ccccc23)n1C1CC1)N(C1CCCC1)C1CCS(=O)(=O)C1. The number of rotatable bonds is 7. The van der Waals surface area contributed by atoms with Crippen LogP contribution in [0.2, 0.25) is 0 Å². The molecule has 34 heavy (non-hydrogen) atoms. The van der Waals surface area contributed by atoms with E-state index in [1.165, 1.54) is 11.8 Å². The number of H-pyrrole nitrogens is 1. The molecule has 1 amide bonds. The normalized spacial score (nSPS) is 22.5. The van der Waals surface area contributed by atoms with E-state index in [0.717, 1.165) is 66.0 Å². The molecule has 8 nitrogen and oxygen atoms in total. The van der Waals surface area contributed by atoms with Crippen molar-refractivity contribution in [2.24, 2.45) is 0 Å². The maximum Gasteiger partial charge on any atom is 0.233 e. The Bertz CT molecular complexity index is 1320. The Morgan fingerprint density at radius 2 is 1.88 bits per heavy atom. The predicted octanol–water partition coefficient (Wildman–Crippen LogP) is 3.81. The lowest BCUT2D eigenvalue weighted by Gasteiger charge is -2.34. The van der Waals surface area contributed by atoms with Gasteiger partial charge in [-0.25, -0.2) is 8.42 Å². The minimum atomic E-state index is -3.05. The zero-order valence-electron chi connectivity index (χ0n) is 19.0. The van der Waals surface area contributed by atoms with Crippen LogP contribution in [0, 0.1) is 0 Å². The average Bonchev–Trinajstić information content (AvgIpc) is 3.20. The molecule has 1 unspecified atom stereocenters. The fourth-order valence-corrected chi connectivity index (χ4v) is 8.15. The molecule has 1 aromatic carbocycles. The van der Waals surface area contributed by atoms with Crippen LogP contribution in [0.5, 0.6) is 0 Å². The van der Waals surface area contributed by atoms with Crippen molar-refractivity contribution in [1.29, 1.82) is 0 Å². The smallest absolute Gasteiger partial charge is 0.233 e. The first-order chi connectivity index (χ1) is 16.5. The summed E-state index contributed by atoms with van der Waals surface area (Å²) < 4.78 is 26.4. The number of nitrogens with one attached hydrogen (secondary N) is 1. The van der Waals surface area contributed by atoms with Crippen molar-refractivity contribution in [1.82, 2.24) is 24.6 Å². The second-order valence-electron chi connectivity index (χ2n) is 9.74. The lowest BCUT2D eigenvalue weighted by atomic mass is 10.1. The number of thioether (sulfide) groups is 1. The molecule has 1 saturated heterocycles. The van der Waals surface area contributed by atoms with Crippen molar-refractivity contribution in [2.75, 3.05) is 17.3 Å². The summed E-state index contributed by atoms with van der Waals surface area (Å²) in [6, 6.07) is 8.49. The quantitative estimate of drug-likeness (QED) is 0.496. The zero-order chi connectivity index (χ0) is 23.3. The van der Waals surface area contributed by atoms with Crippen LogP contribution >= 0.6 is 11.8 Å². The van der Waals surface area contributed by atoms with E-state index in [0.29, 0.717) is 12.5 Å². The number of hydrogen-bond donors (Lipinski definition) is 1. The van der Waals surface area contributed by atoms with E-state index in [1.54, 1.807) is 0 Å². The summed E-state index contributed by atoms with van der Waals surface area (Å²) in [7, 11) is -3.05. The minimum absolute atomic E-state index is 0.0259. The van der Waals surface area contributed by atoms with Gasteiger partial charge in [0.1, 0.15) is 0 Å². The first-order valence-electron chi connectivity index (χ1n) is 12.2. The van der Waals surface area contributed by atoms with Crippen LogP contribution in [0.3, 0.4) is 0 Å². The molecule has 0 spiro atoms. The van der Waals surface area contributed by atoms with Crippen molar-refractivity contribution in [3.8, 4) is 11.4 Å². The van der Waals surface area contributed by atoms with Gasteiger partial charge in [0.2, 0.25) is 5.91 Å². The molecule has 1 atom stereocenters. The third-order valence-electron chi connectivity index (χ3n) is 7.34. The number of hydrogen-bond acceptors (Lipinski definition) is 6. The van der Waals surface area contributed by atoms with Gasteiger partial charge in [-0.05, 0) is 38.2 Å². The molecular formula is C24H29N5O3S2. The monoisotopic (exact) mass is 499 g/mol. The molecule has 2 aromatic heterocycles. The number of benzene rings is 1. The summed E-state index contributed by atoms with van der Waals surface area (Å²) in [4.78, 5) is 18.7. The van der Waals surface area contributed by atoms with E-state index in [4.69, 9.17) is 0 Å². The Labute approximate surface area is 203 Å². The number of carbonyl (C=O) groups is 1. The summed E-state index contributed by atoms with van der Waals surface area (Å²) in [5.41, 5.74) is 2.09. The fourth-order valence-electron chi connectivity index (χ4n) is 5.56. The maximum atomic E-state index is 13.5. The average molecular weight is 500 g/mol. The summed E-state index contributed by atoms with van der Waals surface area (Å²) in [6.45, 7) is 0. The minimum Gasteiger partial charge on any atom is -0.360 e. The molecule has 3 fully saturated rings. The molecule has 1 aliphatic heterocycles. The van der Waals surface area contributed by atoms with Crippen LogP contribution in [0.4, 0.5) is 0 Å². The zero-order valence-corrected chi connectivity index (χ0v) is 20.7. The van der Waals surface area contributed by atoms with Gasteiger partial charge in [-0.2, -0.15) is 0 Å². The van der Waals surface area contributed by atoms with Crippen molar-refractivity contribution < 1.29 is 13.2 Å². The van der Waals surface area contributed by atoms with E-state index < -0.39 is 9.84 Å². The molecule has 3 aromatic rings. The molecule has 0 radical (unpaired) electrons. The van der Waals surface area contributed by atoms with Crippen molar-refractivity contribution in [3.63, 3.8) is 0 Å². The van der Waals surface area contributed by atoms with E-state index in [-0.39, 0.29) is 35.2 Å². The van der Waals surface area contributed by atoms with Crippen LogP contribution in [-0.4, -0.2) is 68.3 Å². The molecule has 1 N–H and O–H groups in total. The van der Waals surface area contributed by atoms with Crippen molar-refractivity contribution in [2.45, 2.75) is 68.2 Å². The Kier molecular flexibility index (Phi) is 5.68. The lowest BCUT2D eigenvalue weighted by molar-refractivity contribution is -0.132. The number of fused-ring (bicyclic) bond motifs is 1. The van der Waals surface area contributed by atoms with E-state index >= 15 is 0 Å². The van der Waals surface area contributed by atoms with Gasteiger partial charge in [0.25, 0.3) is 0 Å². The van der Waals surface area contributed by atoms with Crippen molar-refractivity contribution in [3.05, 3.63) is 30.5 Å². The number of nitrogens with zero attached hydrogens (tertiary/aromatic N) is 4. The van der Waals surface area contributed by atoms with Crippen LogP contribution in [0.25, 0.3) is 22.3 Å². The number of aromatic amines is 1.